The third-order valence-corrected chi connectivity index (χ3v) is 4.42. The Morgan fingerprint density at radius 2 is 2.04 bits per heavy atom. The van der Waals surface area contributed by atoms with E-state index >= 15 is 0 Å². The maximum Gasteiger partial charge on any atom is 0.222 e. The number of imidazole rings is 1. The van der Waals surface area contributed by atoms with E-state index in [4.69, 9.17) is 4.74 Å². The van der Waals surface area contributed by atoms with Crippen molar-refractivity contribution in [2.24, 2.45) is 5.92 Å². The number of hydrogen-bond acceptors (Lipinski definition) is 4. The Hall–Kier alpha value is -2.08. The topological polar surface area (TPSA) is 61.5 Å². The molecule has 0 saturated carbocycles. The fourth-order valence-corrected chi connectivity index (χ4v) is 3.09. The molecule has 0 atom stereocenters. The Kier molecular flexibility index (Phi) is 5.04. The Bertz CT molecular complexity index is 702. The van der Waals surface area contributed by atoms with Gasteiger partial charge >= 0.3 is 0 Å². The summed E-state index contributed by atoms with van der Waals surface area (Å²) in [6.07, 6.45) is 0.644. The van der Waals surface area contributed by atoms with E-state index in [1.165, 1.54) is 0 Å². The molecule has 130 valence electrons. The van der Waals surface area contributed by atoms with Crippen molar-refractivity contribution in [1.82, 2.24) is 19.8 Å². The van der Waals surface area contributed by atoms with Crippen molar-refractivity contribution in [3.8, 4) is 5.75 Å². The maximum atomic E-state index is 12.1. The van der Waals surface area contributed by atoms with Crippen LogP contribution in [0.3, 0.4) is 0 Å². The number of aromatic nitrogens is 2. The van der Waals surface area contributed by atoms with E-state index in [0.717, 1.165) is 55.3 Å². The van der Waals surface area contributed by atoms with Gasteiger partial charge in [-0.1, -0.05) is 13.8 Å². The molecule has 1 aromatic carbocycles. The molecule has 1 saturated heterocycles. The number of piperazine rings is 1. The summed E-state index contributed by atoms with van der Waals surface area (Å²) < 4.78 is 5.25. The van der Waals surface area contributed by atoms with E-state index < -0.39 is 0 Å². The van der Waals surface area contributed by atoms with Crippen molar-refractivity contribution in [2.75, 3.05) is 33.3 Å². The number of rotatable bonds is 5. The van der Waals surface area contributed by atoms with Crippen LogP contribution in [0.2, 0.25) is 0 Å². The van der Waals surface area contributed by atoms with Gasteiger partial charge in [0.2, 0.25) is 5.91 Å². The standard InChI is InChI=1S/C18H26N4O2/c1-13(2)10-18(23)22-8-6-21(7-9-22)12-17-19-15-5-4-14(24-3)11-16(15)20-17/h4-5,11,13H,6-10,12H2,1-3H3,(H,19,20). The normalized spacial score (nSPS) is 16.1. The van der Waals surface area contributed by atoms with E-state index in [9.17, 15) is 4.79 Å². The average Bonchev–Trinajstić information content (AvgIpc) is 2.96. The lowest BCUT2D eigenvalue weighted by Gasteiger charge is -2.34. The Morgan fingerprint density at radius 1 is 1.29 bits per heavy atom. The number of aromatic amines is 1. The number of nitrogens with zero attached hydrogens (tertiary/aromatic N) is 3. The number of hydrogen-bond donors (Lipinski definition) is 1. The summed E-state index contributed by atoms with van der Waals surface area (Å²) in [6.45, 7) is 8.35. The van der Waals surface area contributed by atoms with E-state index in [1.807, 2.05) is 23.1 Å². The molecule has 1 aromatic heterocycles. The van der Waals surface area contributed by atoms with Crippen molar-refractivity contribution in [1.29, 1.82) is 0 Å². The van der Waals surface area contributed by atoms with Crippen LogP contribution in [0.15, 0.2) is 18.2 Å². The smallest absolute Gasteiger partial charge is 0.222 e. The molecule has 2 heterocycles. The van der Waals surface area contributed by atoms with Crippen molar-refractivity contribution < 1.29 is 9.53 Å². The molecule has 1 aliphatic heterocycles. The van der Waals surface area contributed by atoms with Crippen molar-refractivity contribution in [3.05, 3.63) is 24.0 Å². The van der Waals surface area contributed by atoms with Gasteiger partial charge in [-0.3, -0.25) is 9.69 Å². The molecule has 1 fully saturated rings. The highest BCUT2D eigenvalue weighted by Crippen LogP contribution is 2.19. The molecular formula is C18H26N4O2. The van der Waals surface area contributed by atoms with Gasteiger partial charge in [0.1, 0.15) is 11.6 Å². The van der Waals surface area contributed by atoms with Crippen LogP contribution in [0.5, 0.6) is 5.75 Å². The van der Waals surface area contributed by atoms with E-state index in [2.05, 4.69) is 28.7 Å². The van der Waals surface area contributed by atoms with Crippen LogP contribution < -0.4 is 4.74 Å². The predicted molar refractivity (Wildman–Crippen MR) is 94.0 cm³/mol. The predicted octanol–water partition coefficient (Wildman–Crippen LogP) is 2.26. The lowest BCUT2D eigenvalue weighted by molar-refractivity contribution is -0.133. The summed E-state index contributed by atoms with van der Waals surface area (Å²) in [5.41, 5.74) is 1.95. The second kappa shape index (κ2) is 7.21. The summed E-state index contributed by atoms with van der Waals surface area (Å²) in [5, 5.41) is 0. The molecule has 0 aliphatic carbocycles. The molecule has 0 radical (unpaired) electrons. The zero-order chi connectivity index (χ0) is 17.1. The molecule has 0 spiro atoms. The van der Waals surface area contributed by atoms with Crippen LogP contribution >= 0.6 is 0 Å². The number of carbonyl (C=O) groups is 1. The highest BCUT2D eigenvalue weighted by atomic mass is 16.5. The lowest BCUT2D eigenvalue weighted by atomic mass is 10.1. The van der Waals surface area contributed by atoms with Crippen LogP contribution in [0.25, 0.3) is 11.0 Å². The fourth-order valence-electron chi connectivity index (χ4n) is 3.09. The summed E-state index contributed by atoms with van der Waals surface area (Å²) in [6, 6.07) is 5.86. The highest BCUT2D eigenvalue weighted by molar-refractivity contribution is 5.77. The number of fused-ring (bicyclic) bond motifs is 1. The second-order valence-electron chi connectivity index (χ2n) is 6.82. The van der Waals surface area contributed by atoms with Crippen LogP contribution in [-0.2, 0) is 11.3 Å². The number of benzene rings is 1. The molecule has 1 aliphatic rings. The molecular weight excluding hydrogens is 304 g/mol. The SMILES string of the molecule is COc1ccc2nc(CN3CCN(C(=O)CC(C)C)CC3)[nH]c2c1. The Labute approximate surface area is 142 Å². The number of nitrogens with one attached hydrogen (secondary N) is 1. The average molecular weight is 330 g/mol. The third kappa shape index (κ3) is 3.87. The fraction of sp³-hybridized carbons (Fsp3) is 0.556. The van der Waals surface area contributed by atoms with Gasteiger partial charge in [0.05, 0.1) is 24.7 Å². The van der Waals surface area contributed by atoms with E-state index in [1.54, 1.807) is 7.11 Å². The van der Waals surface area contributed by atoms with E-state index in [-0.39, 0.29) is 5.91 Å². The molecule has 1 N–H and O–H groups in total. The van der Waals surface area contributed by atoms with Crippen LogP contribution in [-0.4, -0.2) is 59.0 Å². The quantitative estimate of drug-likeness (QED) is 0.913. The molecule has 0 bridgehead atoms. The zero-order valence-electron chi connectivity index (χ0n) is 14.7. The first-order valence-corrected chi connectivity index (χ1v) is 8.58. The number of carbonyl (C=O) groups excluding carboxylic acids is 1. The minimum atomic E-state index is 0.278. The molecule has 3 rings (SSSR count). The van der Waals surface area contributed by atoms with Gasteiger partial charge in [-0.05, 0) is 18.1 Å². The summed E-state index contributed by atoms with van der Waals surface area (Å²) in [4.78, 5) is 24.5. The van der Waals surface area contributed by atoms with Gasteiger partial charge < -0.3 is 14.6 Å². The summed E-state index contributed by atoms with van der Waals surface area (Å²) >= 11 is 0. The maximum absolute atomic E-state index is 12.1. The first-order valence-electron chi connectivity index (χ1n) is 8.58. The first kappa shape index (κ1) is 16.8. The van der Waals surface area contributed by atoms with Crippen LogP contribution in [0, 0.1) is 5.92 Å². The molecule has 6 heteroatoms. The van der Waals surface area contributed by atoms with Gasteiger partial charge in [0.25, 0.3) is 0 Å². The van der Waals surface area contributed by atoms with Crippen molar-refractivity contribution in [2.45, 2.75) is 26.8 Å². The van der Waals surface area contributed by atoms with E-state index in [0.29, 0.717) is 12.3 Å². The molecule has 6 nitrogen and oxygen atoms in total. The Morgan fingerprint density at radius 3 is 2.71 bits per heavy atom. The molecule has 1 amide bonds. The minimum Gasteiger partial charge on any atom is -0.497 e. The van der Waals surface area contributed by atoms with Crippen LogP contribution in [0.1, 0.15) is 26.1 Å². The molecule has 2 aromatic rings. The second-order valence-corrected chi connectivity index (χ2v) is 6.82. The van der Waals surface area contributed by atoms with Crippen molar-refractivity contribution >= 4 is 16.9 Å². The van der Waals surface area contributed by atoms with Gasteiger partial charge in [-0.2, -0.15) is 0 Å². The highest BCUT2D eigenvalue weighted by Gasteiger charge is 2.22. The zero-order valence-corrected chi connectivity index (χ0v) is 14.7. The monoisotopic (exact) mass is 330 g/mol. The summed E-state index contributed by atoms with van der Waals surface area (Å²) in [5.74, 6) is 2.48. The van der Waals surface area contributed by atoms with Gasteiger partial charge in [-0.25, -0.2) is 4.98 Å². The largest absolute Gasteiger partial charge is 0.497 e. The van der Waals surface area contributed by atoms with Crippen LogP contribution in [0.4, 0.5) is 0 Å². The summed E-state index contributed by atoms with van der Waals surface area (Å²) in [7, 11) is 1.67. The number of H-pyrrole nitrogens is 1. The molecule has 0 unspecified atom stereocenters. The number of ether oxygens (including phenoxy) is 1. The van der Waals surface area contributed by atoms with Gasteiger partial charge in [0, 0.05) is 38.7 Å². The first-order chi connectivity index (χ1) is 11.5. The Balaban J connectivity index is 1.57. The number of amides is 1. The minimum absolute atomic E-state index is 0.278. The number of methoxy groups -OCH3 is 1. The van der Waals surface area contributed by atoms with Gasteiger partial charge in [-0.15, -0.1) is 0 Å². The lowest BCUT2D eigenvalue weighted by Crippen LogP contribution is -2.48. The molecule has 24 heavy (non-hydrogen) atoms. The van der Waals surface area contributed by atoms with Crippen molar-refractivity contribution in [3.63, 3.8) is 0 Å². The third-order valence-electron chi connectivity index (χ3n) is 4.42. The van der Waals surface area contributed by atoms with Gasteiger partial charge in [0.15, 0.2) is 0 Å².